The molecule has 2 rings (SSSR count). The second kappa shape index (κ2) is 6.97. The van der Waals surface area contributed by atoms with Crippen LogP contribution in [0.4, 0.5) is 5.69 Å². The average Bonchev–Trinajstić information content (AvgIpc) is 2.42. The Morgan fingerprint density at radius 2 is 2.10 bits per heavy atom. The first-order valence-corrected chi connectivity index (χ1v) is 7.69. The molecule has 0 atom stereocenters. The summed E-state index contributed by atoms with van der Waals surface area (Å²) in [6, 6.07) is 8.64. The van der Waals surface area contributed by atoms with Gasteiger partial charge >= 0.3 is 0 Å². The van der Waals surface area contributed by atoms with Gasteiger partial charge in [0.15, 0.2) is 0 Å². The highest BCUT2D eigenvalue weighted by Crippen LogP contribution is 2.30. The Kier molecular flexibility index (Phi) is 5.29. The molecule has 0 spiro atoms. The maximum absolute atomic E-state index is 12.1. The molecule has 0 aliphatic rings. The number of nitrogens with one attached hydrogen (secondary N) is 1. The van der Waals surface area contributed by atoms with Crippen LogP contribution in [0.3, 0.4) is 0 Å². The summed E-state index contributed by atoms with van der Waals surface area (Å²) in [6.07, 6.45) is 1.44. The fraction of sp³-hybridized carbons (Fsp3) is 0.143. The van der Waals surface area contributed by atoms with E-state index in [1.165, 1.54) is 6.20 Å². The Balaban J connectivity index is 2.22. The zero-order valence-electron chi connectivity index (χ0n) is 10.7. The van der Waals surface area contributed by atoms with Crippen LogP contribution in [0.25, 0.3) is 0 Å². The van der Waals surface area contributed by atoms with Crippen molar-refractivity contribution in [2.24, 2.45) is 0 Å². The Morgan fingerprint density at radius 3 is 2.75 bits per heavy atom. The van der Waals surface area contributed by atoms with Crippen molar-refractivity contribution in [3.63, 3.8) is 0 Å². The maximum Gasteiger partial charge on any atom is 0.257 e. The first kappa shape index (κ1) is 15.2. The smallest absolute Gasteiger partial charge is 0.257 e. The average molecular weight is 327 g/mol. The lowest BCUT2D eigenvalue weighted by atomic mass is 10.2. The normalized spacial score (nSPS) is 10.3. The van der Waals surface area contributed by atoms with Crippen molar-refractivity contribution >= 4 is 46.6 Å². The summed E-state index contributed by atoms with van der Waals surface area (Å²) in [7, 11) is 0. The van der Waals surface area contributed by atoms with Crippen molar-refractivity contribution in [2.75, 3.05) is 11.1 Å². The van der Waals surface area contributed by atoms with Gasteiger partial charge in [-0.15, -0.1) is 11.8 Å². The third-order valence-electron chi connectivity index (χ3n) is 2.48. The summed E-state index contributed by atoms with van der Waals surface area (Å²) < 4.78 is 0. The molecule has 3 nitrogen and oxygen atoms in total. The van der Waals surface area contributed by atoms with E-state index in [-0.39, 0.29) is 5.91 Å². The summed E-state index contributed by atoms with van der Waals surface area (Å²) in [4.78, 5) is 17.0. The Labute approximate surface area is 131 Å². The van der Waals surface area contributed by atoms with E-state index in [0.717, 1.165) is 10.6 Å². The minimum atomic E-state index is -0.241. The number of benzene rings is 1. The first-order chi connectivity index (χ1) is 9.60. The number of anilines is 1. The summed E-state index contributed by atoms with van der Waals surface area (Å²) in [6.45, 7) is 2.05. The number of nitrogens with zero attached hydrogens (tertiary/aromatic N) is 1. The van der Waals surface area contributed by atoms with E-state index in [4.69, 9.17) is 23.2 Å². The van der Waals surface area contributed by atoms with Gasteiger partial charge in [-0.1, -0.05) is 30.1 Å². The minimum absolute atomic E-state index is 0.241. The van der Waals surface area contributed by atoms with Gasteiger partial charge in [0.05, 0.1) is 11.3 Å². The monoisotopic (exact) mass is 326 g/mol. The van der Waals surface area contributed by atoms with Crippen LogP contribution in [0.15, 0.2) is 41.4 Å². The quantitative estimate of drug-likeness (QED) is 0.651. The summed E-state index contributed by atoms with van der Waals surface area (Å²) in [5, 5.41) is 3.78. The standard InChI is InChI=1S/C14H12Cl2N2OS/c1-2-20-12-5-4-10(15)7-11(12)18-14(19)9-3-6-13(16)17-8-9/h3-8H,2H2,1H3,(H,18,19). The van der Waals surface area contributed by atoms with Crippen LogP contribution in [0.1, 0.15) is 17.3 Å². The minimum Gasteiger partial charge on any atom is -0.321 e. The molecule has 2 aromatic rings. The predicted molar refractivity (Wildman–Crippen MR) is 85.1 cm³/mol. The van der Waals surface area contributed by atoms with E-state index >= 15 is 0 Å². The highest BCUT2D eigenvalue weighted by Gasteiger charge is 2.10. The fourth-order valence-corrected chi connectivity index (χ4v) is 2.61. The Hall–Kier alpha value is -1.23. The number of thioether (sulfide) groups is 1. The van der Waals surface area contributed by atoms with Crippen molar-refractivity contribution in [3.8, 4) is 0 Å². The van der Waals surface area contributed by atoms with Gasteiger partial charge in [0.2, 0.25) is 0 Å². The molecule has 1 amide bonds. The van der Waals surface area contributed by atoms with Crippen molar-refractivity contribution in [3.05, 3.63) is 52.3 Å². The van der Waals surface area contributed by atoms with Gasteiger partial charge in [0, 0.05) is 16.1 Å². The molecule has 1 N–H and O–H groups in total. The van der Waals surface area contributed by atoms with Gasteiger partial charge in [0.1, 0.15) is 5.15 Å². The van der Waals surface area contributed by atoms with Gasteiger partial charge in [-0.05, 0) is 36.1 Å². The molecular formula is C14H12Cl2N2OS. The lowest BCUT2D eigenvalue weighted by Gasteiger charge is -2.10. The third kappa shape index (κ3) is 3.88. The van der Waals surface area contributed by atoms with E-state index < -0.39 is 0 Å². The molecule has 0 saturated carbocycles. The van der Waals surface area contributed by atoms with Crippen molar-refractivity contribution < 1.29 is 4.79 Å². The van der Waals surface area contributed by atoms with Crippen LogP contribution in [0, 0.1) is 0 Å². The Bertz CT molecular complexity index is 617. The number of halogens is 2. The molecule has 1 aromatic heterocycles. The fourth-order valence-electron chi connectivity index (χ4n) is 1.59. The van der Waals surface area contributed by atoms with E-state index in [1.54, 1.807) is 36.0 Å². The summed E-state index contributed by atoms with van der Waals surface area (Å²) in [5.74, 6) is 0.668. The van der Waals surface area contributed by atoms with Gasteiger partial charge in [0.25, 0.3) is 5.91 Å². The van der Waals surface area contributed by atoms with Crippen molar-refractivity contribution in [1.82, 2.24) is 4.98 Å². The second-order valence-corrected chi connectivity index (χ2v) is 6.03. The summed E-state index contributed by atoms with van der Waals surface area (Å²) in [5.41, 5.74) is 1.14. The lowest BCUT2D eigenvalue weighted by Crippen LogP contribution is -2.12. The highest BCUT2D eigenvalue weighted by molar-refractivity contribution is 7.99. The molecule has 0 fully saturated rings. The number of amides is 1. The number of pyridine rings is 1. The zero-order chi connectivity index (χ0) is 14.5. The number of hydrogen-bond acceptors (Lipinski definition) is 3. The first-order valence-electron chi connectivity index (χ1n) is 5.95. The predicted octanol–water partition coefficient (Wildman–Crippen LogP) is 4.75. The van der Waals surface area contributed by atoms with Crippen LogP contribution < -0.4 is 5.32 Å². The molecule has 0 unspecified atom stereocenters. The number of aromatic nitrogens is 1. The van der Waals surface area contributed by atoms with Gasteiger partial charge in [-0.2, -0.15) is 0 Å². The third-order valence-corrected chi connectivity index (χ3v) is 3.89. The maximum atomic E-state index is 12.1. The largest absolute Gasteiger partial charge is 0.321 e. The number of carbonyl (C=O) groups is 1. The van der Waals surface area contributed by atoms with E-state index in [0.29, 0.717) is 21.4 Å². The molecule has 104 valence electrons. The number of rotatable bonds is 4. The van der Waals surface area contributed by atoms with E-state index in [2.05, 4.69) is 10.3 Å². The SMILES string of the molecule is CCSc1ccc(Cl)cc1NC(=O)c1ccc(Cl)nc1. The van der Waals surface area contributed by atoms with Crippen molar-refractivity contribution in [1.29, 1.82) is 0 Å². The van der Waals surface area contributed by atoms with Crippen molar-refractivity contribution in [2.45, 2.75) is 11.8 Å². The van der Waals surface area contributed by atoms with E-state index in [1.807, 2.05) is 13.0 Å². The highest BCUT2D eigenvalue weighted by atomic mass is 35.5. The molecule has 0 saturated heterocycles. The number of hydrogen-bond donors (Lipinski definition) is 1. The van der Waals surface area contributed by atoms with Crippen LogP contribution >= 0.6 is 35.0 Å². The van der Waals surface area contributed by atoms with Crippen LogP contribution in [0.5, 0.6) is 0 Å². The molecule has 0 bridgehead atoms. The zero-order valence-corrected chi connectivity index (χ0v) is 13.0. The van der Waals surface area contributed by atoms with Gasteiger partial charge in [-0.3, -0.25) is 4.79 Å². The van der Waals surface area contributed by atoms with Gasteiger partial charge in [-0.25, -0.2) is 4.98 Å². The van der Waals surface area contributed by atoms with E-state index in [9.17, 15) is 4.79 Å². The summed E-state index contributed by atoms with van der Waals surface area (Å²) >= 11 is 13.3. The molecule has 1 aromatic carbocycles. The van der Waals surface area contributed by atoms with Crippen LogP contribution in [-0.4, -0.2) is 16.6 Å². The van der Waals surface area contributed by atoms with Crippen LogP contribution in [0.2, 0.25) is 10.2 Å². The number of carbonyl (C=O) groups excluding carboxylic acids is 1. The topological polar surface area (TPSA) is 42.0 Å². The molecule has 0 radical (unpaired) electrons. The molecule has 6 heteroatoms. The molecule has 0 aliphatic heterocycles. The van der Waals surface area contributed by atoms with Gasteiger partial charge < -0.3 is 5.32 Å². The molecular weight excluding hydrogens is 315 g/mol. The molecule has 20 heavy (non-hydrogen) atoms. The molecule has 0 aliphatic carbocycles. The Morgan fingerprint density at radius 1 is 1.30 bits per heavy atom. The second-order valence-electron chi connectivity index (χ2n) is 3.90. The van der Waals surface area contributed by atoms with Crippen LogP contribution in [-0.2, 0) is 0 Å². The molecule has 1 heterocycles. The lowest BCUT2D eigenvalue weighted by molar-refractivity contribution is 0.102.